The van der Waals surface area contributed by atoms with E-state index in [0.717, 1.165) is 0 Å². The average molecular weight is 201 g/mol. The van der Waals surface area contributed by atoms with Gasteiger partial charge in [0.2, 0.25) is 0 Å². The number of nitrogens with zero attached hydrogens (tertiary/aromatic N) is 1. The molecule has 0 heterocycles. The second kappa shape index (κ2) is 3.38. The first kappa shape index (κ1) is 10.1. The molecule has 0 aliphatic heterocycles. The van der Waals surface area contributed by atoms with E-state index in [9.17, 15) is 14.5 Å². The molecule has 0 N–H and O–H groups in total. The van der Waals surface area contributed by atoms with Crippen molar-refractivity contribution in [2.45, 2.75) is 12.3 Å². The van der Waals surface area contributed by atoms with E-state index >= 15 is 0 Å². The zero-order valence-electron chi connectivity index (χ0n) is 7.03. The van der Waals surface area contributed by atoms with Gasteiger partial charge in [0, 0.05) is 12.1 Å². The third-order valence-corrected chi connectivity index (χ3v) is 1.95. The van der Waals surface area contributed by atoms with Crippen molar-refractivity contribution < 1.29 is 9.31 Å². The van der Waals surface area contributed by atoms with Gasteiger partial charge in [0.05, 0.1) is 4.92 Å². The Labute approximate surface area is 77.3 Å². The Morgan fingerprint density at radius 1 is 1.62 bits per heavy atom. The molecule has 3 nitrogen and oxygen atoms in total. The lowest BCUT2D eigenvalue weighted by molar-refractivity contribution is -0.385. The van der Waals surface area contributed by atoms with Crippen molar-refractivity contribution in [2.24, 2.45) is 0 Å². The van der Waals surface area contributed by atoms with Crippen LogP contribution in [0.4, 0.5) is 10.1 Å². The fourth-order valence-electron chi connectivity index (χ4n) is 0.924. The molecule has 0 saturated carbocycles. The highest BCUT2D eigenvalue weighted by Crippen LogP contribution is 2.33. The SMILES string of the molecule is CC(F)(P)c1cccc([N+](=O)[O-])c1. The standard InChI is InChI=1S/C8H9FNO2P/c1-8(9,13)6-3-2-4-7(5-6)10(11)12/h2-5H,13H2,1H3. The van der Waals surface area contributed by atoms with E-state index in [4.69, 9.17) is 0 Å². The Bertz CT molecular complexity index is 335. The van der Waals surface area contributed by atoms with Gasteiger partial charge in [0.1, 0.15) is 5.41 Å². The molecule has 0 amide bonds. The van der Waals surface area contributed by atoms with Crippen molar-refractivity contribution >= 4 is 14.9 Å². The summed E-state index contributed by atoms with van der Waals surface area (Å²) in [5.74, 6) is 0. The number of nitro benzene ring substituents is 1. The number of rotatable bonds is 2. The van der Waals surface area contributed by atoms with E-state index in [2.05, 4.69) is 0 Å². The van der Waals surface area contributed by atoms with Crippen LogP contribution in [0.2, 0.25) is 0 Å². The lowest BCUT2D eigenvalue weighted by Crippen LogP contribution is -2.04. The molecular formula is C8H9FNO2P. The van der Waals surface area contributed by atoms with E-state index < -0.39 is 10.3 Å². The van der Waals surface area contributed by atoms with Gasteiger partial charge in [-0.25, -0.2) is 4.39 Å². The minimum Gasteiger partial charge on any atom is -0.258 e. The molecule has 13 heavy (non-hydrogen) atoms. The van der Waals surface area contributed by atoms with Crippen molar-refractivity contribution in [2.75, 3.05) is 0 Å². The predicted octanol–water partition coefficient (Wildman–Crippen LogP) is 2.61. The normalized spacial score (nSPS) is 15.0. The molecule has 0 aromatic heterocycles. The monoisotopic (exact) mass is 201 g/mol. The number of hydrogen-bond donors (Lipinski definition) is 0. The molecular weight excluding hydrogens is 192 g/mol. The number of alkyl halides is 1. The molecule has 1 rings (SSSR count). The highest BCUT2D eigenvalue weighted by Gasteiger charge is 2.20. The topological polar surface area (TPSA) is 43.1 Å². The highest BCUT2D eigenvalue weighted by molar-refractivity contribution is 7.18. The lowest BCUT2D eigenvalue weighted by Gasteiger charge is -2.13. The first-order chi connectivity index (χ1) is 5.91. The maximum atomic E-state index is 13.3. The van der Waals surface area contributed by atoms with E-state index in [1.807, 2.05) is 9.24 Å². The number of benzene rings is 1. The molecule has 5 heteroatoms. The van der Waals surface area contributed by atoms with Gasteiger partial charge in [0.25, 0.3) is 5.69 Å². The van der Waals surface area contributed by atoms with Crippen molar-refractivity contribution in [3.8, 4) is 0 Å². The largest absolute Gasteiger partial charge is 0.269 e. The molecule has 0 saturated heterocycles. The Hall–Kier alpha value is -1.02. The van der Waals surface area contributed by atoms with Crippen LogP contribution < -0.4 is 0 Å². The van der Waals surface area contributed by atoms with Gasteiger partial charge in [-0.1, -0.05) is 21.4 Å². The quantitative estimate of drug-likeness (QED) is 0.419. The summed E-state index contributed by atoms with van der Waals surface area (Å²) in [5.41, 5.74) is 0.190. The summed E-state index contributed by atoms with van der Waals surface area (Å²) in [4.78, 5) is 9.81. The van der Waals surface area contributed by atoms with E-state index in [0.29, 0.717) is 0 Å². The van der Waals surface area contributed by atoms with Gasteiger partial charge in [-0.15, -0.1) is 0 Å². The predicted molar refractivity (Wildman–Crippen MR) is 51.3 cm³/mol. The molecule has 0 aliphatic carbocycles. The van der Waals surface area contributed by atoms with Gasteiger partial charge in [-0.3, -0.25) is 10.1 Å². The smallest absolute Gasteiger partial charge is 0.258 e. The molecule has 0 spiro atoms. The van der Waals surface area contributed by atoms with Gasteiger partial charge in [-0.2, -0.15) is 0 Å². The summed E-state index contributed by atoms with van der Waals surface area (Å²) in [6, 6.07) is 5.54. The Balaban J connectivity index is 3.13. The second-order valence-electron chi connectivity index (χ2n) is 2.88. The van der Waals surface area contributed by atoms with Crippen LogP contribution in [0.25, 0.3) is 0 Å². The zero-order chi connectivity index (χ0) is 10.1. The van der Waals surface area contributed by atoms with Crippen molar-refractivity contribution in [1.29, 1.82) is 0 Å². The van der Waals surface area contributed by atoms with E-state index in [1.165, 1.54) is 31.2 Å². The number of hydrogen-bond acceptors (Lipinski definition) is 2. The van der Waals surface area contributed by atoms with Crippen LogP contribution in [-0.2, 0) is 5.41 Å². The number of non-ortho nitro benzene ring substituents is 1. The Kier molecular flexibility index (Phi) is 2.62. The minimum atomic E-state index is -1.62. The van der Waals surface area contributed by atoms with Gasteiger partial charge in [-0.05, 0) is 12.5 Å². The summed E-state index contributed by atoms with van der Waals surface area (Å²) in [5, 5.41) is 8.74. The van der Waals surface area contributed by atoms with Crippen LogP contribution in [-0.4, -0.2) is 4.92 Å². The summed E-state index contributed by atoms with van der Waals surface area (Å²) < 4.78 is 13.3. The van der Waals surface area contributed by atoms with Crippen LogP contribution in [0.15, 0.2) is 24.3 Å². The van der Waals surface area contributed by atoms with Gasteiger partial charge < -0.3 is 0 Å². The number of halogens is 1. The summed E-state index contributed by atoms with van der Waals surface area (Å²) in [7, 11) is 2.00. The van der Waals surface area contributed by atoms with Gasteiger partial charge in [0.15, 0.2) is 0 Å². The third-order valence-electron chi connectivity index (χ3n) is 1.62. The minimum absolute atomic E-state index is 0.0937. The molecule has 1 aromatic rings. The third kappa shape index (κ3) is 2.46. The molecule has 0 fully saturated rings. The first-order valence-corrected chi connectivity index (χ1v) is 4.22. The fraction of sp³-hybridized carbons (Fsp3) is 0.250. The zero-order valence-corrected chi connectivity index (χ0v) is 8.18. The van der Waals surface area contributed by atoms with Crippen LogP contribution in [0.3, 0.4) is 0 Å². The summed E-state index contributed by atoms with van der Waals surface area (Å²) >= 11 is 0. The molecule has 2 unspecified atom stereocenters. The maximum Gasteiger partial charge on any atom is 0.269 e. The molecule has 0 aliphatic rings. The molecule has 0 radical (unpaired) electrons. The second-order valence-corrected chi connectivity index (χ2v) is 3.97. The van der Waals surface area contributed by atoms with Crippen molar-refractivity contribution in [3.05, 3.63) is 39.9 Å². The van der Waals surface area contributed by atoms with E-state index in [-0.39, 0.29) is 11.3 Å². The maximum absolute atomic E-state index is 13.3. The van der Waals surface area contributed by atoms with Crippen molar-refractivity contribution in [3.63, 3.8) is 0 Å². The van der Waals surface area contributed by atoms with Crippen molar-refractivity contribution in [1.82, 2.24) is 0 Å². The Morgan fingerprint density at radius 3 is 2.69 bits per heavy atom. The number of nitro groups is 1. The first-order valence-electron chi connectivity index (χ1n) is 3.64. The molecule has 70 valence electrons. The fourth-order valence-corrected chi connectivity index (χ4v) is 1.10. The average Bonchev–Trinajstić information content (AvgIpc) is 2.03. The van der Waals surface area contributed by atoms with Gasteiger partial charge >= 0.3 is 0 Å². The lowest BCUT2D eigenvalue weighted by atomic mass is 10.1. The highest BCUT2D eigenvalue weighted by atomic mass is 31.0. The van der Waals surface area contributed by atoms with E-state index in [1.54, 1.807) is 0 Å². The molecule has 1 aromatic carbocycles. The summed E-state index contributed by atoms with van der Waals surface area (Å²) in [6.45, 7) is 1.33. The van der Waals surface area contributed by atoms with Crippen LogP contribution in [0.1, 0.15) is 12.5 Å². The van der Waals surface area contributed by atoms with Crippen LogP contribution in [0, 0.1) is 10.1 Å². The molecule has 2 atom stereocenters. The Morgan fingerprint density at radius 2 is 2.23 bits per heavy atom. The van der Waals surface area contributed by atoms with Crippen LogP contribution >= 0.6 is 9.24 Å². The summed E-state index contributed by atoms with van der Waals surface area (Å²) in [6.07, 6.45) is 0. The van der Waals surface area contributed by atoms with Crippen LogP contribution in [0.5, 0.6) is 0 Å². The molecule has 0 bridgehead atoms.